The number of nitrogens with one attached hydrogen (secondary N) is 1. The second-order valence-corrected chi connectivity index (χ2v) is 10.2. The van der Waals surface area contributed by atoms with E-state index in [0.717, 1.165) is 53.0 Å². The van der Waals surface area contributed by atoms with E-state index in [4.69, 9.17) is 9.72 Å². The molecule has 10 heteroatoms. The van der Waals surface area contributed by atoms with Crippen LogP contribution in [0, 0.1) is 12.8 Å². The number of hydrogen-bond donors (Lipinski definition) is 1. The predicted molar refractivity (Wildman–Crippen MR) is 157 cm³/mol. The third-order valence-corrected chi connectivity index (χ3v) is 6.89. The molecule has 0 saturated carbocycles. The Morgan fingerprint density at radius 3 is 2.73 bits per heavy atom. The highest BCUT2D eigenvalue weighted by molar-refractivity contribution is 5.92. The number of anilines is 3. The largest absolute Gasteiger partial charge is 0.457 e. The van der Waals surface area contributed by atoms with Crippen molar-refractivity contribution in [3.63, 3.8) is 0 Å². The SMILES string of the molecule is CCCCC(C)CN(C(C)=O)c1ncc2ncnc(Nc3ccc(Oc4ccc5c(c4)ncn5C)c(C)c3)c2n1. The second kappa shape index (κ2) is 11.6. The Balaban J connectivity index is 1.37. The monoisotopic (exact) mass is 538 g/mol. The Hall–Kier alpha value is -4.60. The van der Waals surface area contributed by atoms with Gasteiger partial charge in [-0.3, -0.25) is 9.69 Å². The van der Waals surface area contributed by atoms with Crippen molar-refractivity contribution in [2.75, 3.05) is 16.8 Å². The van der Waals surface area contributed by atoms with Crippen LogP contribution in [0.1, 0.15) is 45.6 Å². The van der Waals surface area contributed by atoms with E-state index in [1.54, 1.807) is 24.3 Å². The Labute approximate surface area is 233 Å². The molecule has 3 heterocycles. The number of hydrogen-bond acceptors (Lipinski definition) is 8. The molecule has 1 unspecified atom stereocenters. The summed E-state index contributed by atoms with van der Waals surface area (Å²) in [6.45, 7) is 8.41. The Morgan fingerprint density at radius 1 is 1.10 bits per heavy atom. The highest BCUT2D eigenvalue weighted by Crippen LogP contribution is 2.31. The molecule has 40 heavy (non-hydrogen) atoms. The maximum absolute atomic E-state index is 12.5. The molecule has 2 aromatic carbocycles. The molecule has 0 fully saturated rings. The van der Waals surface area contributed by atoms with Crippen molar-refractivity contribution in [3.8, 4) is 11.5 Å². The lowest BCUT2D eigenvalue weighted by Gasteiger charge is -2.23. The lowest BCUT2D eigenvalue weighted by molar-refractivity contribution is -0.116. The predicted octanol–water partition coefficient (Wildman–Crippen LogP) is 6.33. The van der Waals surface area contributed by atoms with Crippen molar-refractivity contribution in [2.24, 2.45) is 13.0 Å². The molecule has 3 aromatic heterocycles. The van der Waals surface area contributed by atoms with Crippen molar-refractivity contribution >= 4 is 45.4 Å². The van der Waals surface area contributed by atoms with Crippen molar-refractivity contribution < 1.29 is 9.53 Å². The van der Waals surface area contributed by atoms with Gasteiger partial charge >= 0.3 is 0 Å². The van der Waals surface area contributed by atoms with E-state index in [1.807, 2.05) is 54.9 Å². The summed E-state index contributed by atoms with van der Waals surface area (Å²) in [6.07, 6.45) is 8.18. The Kier molecular flexibility index (Phi) is 7.86. The molecule has 0 spiro atoms. The Morgan fingerprint density at radius 2 is 1.95 bits per heavy atom. The normalized spacial score (nSPS) is 12.0. The minimum absolute atomic E-state index is 0.0949. The van der Waals surface area contributed by atoms with Crippen LogP contribution in [0.15, 0.2) is 55.2 Å². The highest BCUT2D eigenvalue weighted by Gasteiger charge is 2.19. The maximum Gasteiger partial charge on any atom is 0.232 e. The minimum Gasteiger partial charge on any atom is -0.457 e. The first-order valence-electron chi connectivity index (χ1n) is 13.5. The number of aryl methyl sites for hydroxylation is 2. The summed E-state index contributed by atoms with van der Waals surface area (Å²) in [4.78, 5) is 36.5. The van der Waals surface area contributed by atoms with Gasteiger partial charge in [-0.25, -0.2) is 24.9 Å². The molecule has 0 saturated heterocycles. The summed E-state index contributed by atoms with van der Waals surface area (Å²) in [5.41, 5.74) is 4.83. The number of benzene rings is 2. The van der Waals surface area contributed by atoms with Gasteiger partial charge in [-0.05, 0) is 55.2 Å². The van der Waals surface area contributed by atoms with Crippen LogP contribution in [-0.2, 0) is 11.8 Å². The van der Waals surface area contributed by atoms with Crippen LogP contribution in [0.2, 0.25) is 0 Å². The molecular formula is C30H34N8O2. The molecule has 5 rings (SSSR count). The van der Waals surface area contributed by atoms with Crippen molar-refractivity contribution in [1.29, 1.82) is 0 Å². The van der Waals surface area contributed by atoms with Crippen molar-refractivity contribution in [3.05, 3.63) is 60.8 Å². The number of fused-ring (bicyclic) bond motifs is 2. The van der Waals surface area contributed by atoms with E-state index in [-0.39, 0.29) is 5.91 Å². The molecule has 1 N–H and O–H groups in total. The van der Waals surface area contributed by atoms with Gasteiger partial charge in [-0.15, -0.1) is 0 Å². The van der Waals surface area contributed by atoms with Crippen molar-refractivity contribution in [2.45, 2.75) is 47.0 Å². The van der Waals surface area contributed by atoms with Gasteiger partial charge in [0, 0.05) is 32.3 Å². The quantitative estimate of drug-likeness (QED) is 0.220. The number of amides is 1. The van der Waals surface area contributed by atoms with Gasteiger partial charge in [-0.2, -0.15) is 0 Å². The summed E-state index contributed by atoms with van der Waals surface area (Å²) >= 11 is 0. The molecule has 1 amide bonds. The standard InChI is InChI=1S/C30H34N8O2/c1-6-7-8-19(2)16-38(21(4)39)30-31-15-25-28(36-30)29(33-17-32-25)35-22-9-12-27(20(3)13-22)40-23-10-11-26-24(14-23)34-18-37(26)5/h9-15,17-19H,6-8,16H2,1-5H3,(H,32,33,35). The van der Waals surface area contributed by atoms with Gasteiger partial charge in [0.2, 0.25) is 11.9 Å². The van der Waals surface area contributed by atoms with Gasteiger partial charge in [0.1, 0.15) is 28.9 Å². The average Bonchev–Trinajstić information content (AvgIpc) is 3.31. The zero-order chi connectivity index (χ0) is 28.2. The van der Waals surface area contributed by atoms with E-state index >= 15 is 0 Å². The van der Waals surface area contributed by atoms with Crippen LogP contribution in [0.3, 0.4) is 0 Å². The number of imidazole rings is 1. The molecule has 0 aliphatic heterocycles. The third kappa shape index (κ3) is 5.85. The first kappa shape index (κ1) is 27.0. The summed E-state index contributed by atoms with van der Waals surface area (Å²) in [5, 5.41) is 3.36. The van der Waals surface area contributed by atoms with E-state index in [2.05, 4.69) is 39.1 Å². The lowest BCUT2D eigenvalue weighted by atomic mass is 10.0. The fraction of sp³-hybridized carbons (Fsp3) is 0.333. The second-order valence-electron chi connectivity index (χ2n) is 10.2. The number of aromatic nitrogens is 6. The first-order chi connectivity index (χ1) is 19.3. The number of unbranched alkanes of at least 4 members (excludes halogenated alkanes) is 1. The molecule has 0 bridgehead atoms. The number of ether oxygens (including phenoxy) is 1. The van der Waals surface area contributed by atoms with Crippen LogP contribution >= 0.6 is 0 Å². The summed E-state index contributed by atoms with van der Waals surface area (Å²) in [7, 11) is 1.97. The van der Waals surface area contributed by atoms with E-state index in [0.29, 0.717) is 35.3 Å². The van der Waals surface area contributed by atoms with Crippen LogP contribution < -0.4 is 15.0 Å². The highest BCUT2D eigenvalue weighted by atomic mass is 16.5. The summed E-state index contributed by atoms with van der Waals surface area (Å²) in [5.74, 6) is 2.59. The lowest BCUT2D eigenvalue weighted by Crippen LogP contribution is -2.34. The topological polar surface area (TPSA) is 111 Å². The fourth-order valence-corrected chi connectivity index (χ4v) is 4.66. The number of carbonyl (C=O) groups is 1. The number of rotatable bonds is 10. The van der Waals surface area contributed by atoms with E-state index in [9.17, 15) is 4.79 Å². The molecule has 0 radical (unpaired) electrons. The summed E-state index contributed by atoms with van der Waals surface area (Å²) < 4.78 is 8.14. The van der Waals surface area contributed by atoms with Crippen molar-refractivity contribution in [1.82, 2.24) is 29.5 Å². The van der Waals surface area contributed by atoms with Gasteiger partial charge in [-0.1, -0.05) is 26.7 Å². The van der Waals surface area contributed by atoms with Gasteiger partial charge in [0.15, 0.2) is 5.82 Å². The molecule has 5 aromatic rings. The maximum atomic E-state index is 12.5. The molecule has 10 nitrogen and oxygen atoms in total. The van der Waals surface area contributed by atoms with Crippen LogP contribution in [0.4, 0.5) is 17.5 Å². The molecule has 206 valence electrons. The molecular weight excluding hydrogens is 504 g/mol. The zero-order valence-corrected chi connectivity index (χ0v) is 23.5. The van der Waals surface area contributed by atoms with Gasteiger partial charge in [0.05, 0.1) is 23.6 Å². The van der Waals surface area contributed by atoms with Crippen LogP contribution in [0.5, 0.6) is 11.5 Å². The molecule has 0 aliphatic carbocycles. The molecule has 1 atom stereocenters. The zero-order valence-electron chi connectivity index (χ0n) is 23.5. The molecule has 0 aliphatic rings. The smallest absolute Gasteiger partial charge is 0.232 e. The Bertz CT molecular complexity index is 1660. The van der Waals surface area contributed by atoms with Crippen LogP contribution in [-0.4, -0.2) is 41.9 Å². The van der Waals surface area contributed by atoms with Gasteiger partial charge < -0.3 is 14.6 Å². The average molecular weight is 539 g/mol. The summed E-state index contributed by atoms with van der Waals surface area (Å²) in [6, 6.07) is 11.7. The first-order valence-corrected chi connectivity index (χ1v) is 13.5. The van der Waals surface area contributed by atoms with E-state index < -0.39 is 0 Å². The van der Waals surface area contributed by atoms with Crippen LogP contribution in [0.25, 0.3) is 22.1 Å². The number of carbonyl (C=O) groups excluding carboxylic acids is 1. The number of nitrogens with zero attached hydrogens (tertiary/aromatic N) is 7. The third-order valence-electron chi connectivity index (χ3n) is 6.89. The van der Waals surface area contributed by atoms with E-state index in [1.165, 1.54) is 6.33 Å². The van der Waals surface area contributed by atoms with Gasteiger partial charge in [0.25, 0.3) is 0 Å². The fourth-order valence-electron chi connectivity index (χ4n) is 4.66. The minimum atomic E-state index is -0.0949.